The van der Waals surface area contributed by atoms with Gasteiger partial charge in [0, 0.05) is 12.1 Å². The van der Waals surface area contributed by atoms with Gasteiger partial charge in [-0.2, -0.15) is 0 Å². The van der Waals surface area contributed by atoms with Crippen LogP contribution >= 0.6 is 0 Å². The van der Waals surface area contributed by atoms with E-state index in [0.717, 1.165) is 0 Å². The second-order valence-corrected chi connectivity index (χ2v) is 2.89. The molecule has 86 valence electrons. The van der Waals surface area contributed by atoms with E-state index in [2.05, 4.69) is 0 Å². The summed E-state index contributed by atoms with van der Waals surface area (Å²) in [4.78, 5) is 21.5. The van der Waals surface area contributed by atoms with Crippen molar-refractivity contribution in [3.8, 4) is 0 Å². The predicted octanol–water partition coefficient (Wildman–Crippen LogP) is 0.319. The molecule has 1 aromatic carbocycles. The molecule has 1 rings (SSSR count). The molecule has 16 heavy (non-hydrogen) atoms. The van der Waals surface area contributed by atoms with Crippen molar-refractivity contribution in [3.63, 3.8) is 0 Å². The summed E-state index contributed by atoms with van der Waals surface area (Å²) in [6.45, 7) is -0.560. The van der Waals surface area contributed by atoms with Crippen molar-refractivity contribution in [3.05, 3.63) is 35.1 Å². The summed E-state index contributed by atoms with van der Waals surface area (Å²) in [6.07, 6.45) is 0. The van der Waals surface area contributed by atoms with Crippen LogP contribution in [0.2, 0.25) is 0 Å². The van der Waals surface area contributed by atoms with Gasteiger partial charge in [-0.15, -0.1) is 0 Å². The number of rotatable bonds is 3. The third-order valence-corrected chi connectivity index (χ3v) is 1.66. The molecule has 0 aromatic heterocycles. The van der Waals surface area contributed by atoms with Gasteiger partial charge >= 0.3 is 0 Å². The highest BCUT2D eigenvalue weighted by molar-refractivity contribution is 5.96. The molecular weight excluding hydrogens is 225 g/mol. The van der Waals surface area contributed by atoms with Gasteiger partial charge in [-0.05, 0) is 0 Å². The lowest BCUT2D eigenvalue weighted by Crippen LogP contribution is -2.34. The number of amides is 2. The largest absolute Gasteiger partial charge is 0.368 e. The Balaban J connectivity index is 2.95. The predicted molar refractivity (Wildman–Crippen MR) is 47.8 cm³/mol. The standard InChI is InChI=1S/C9H7F3N2O2/c10-4-1-5(11)8(6(12)2-4)9(16)14-3-7(13)15/h1-2H,3H2,(H2,13,15)(H,14,16). The highest BCUT2D eigenvalue weighted by Gasteiger charge is 2.18. The van der Waals surface area contributed by atoms with Crippen LogP contribution in [0.25, 0.3) is 0 Å². The van der Waals surface area contributed by atoms with Crippen molar-refractivity contribution in [2.45, 2.75) is 0 Å². The zero-order chi connectivity index (χ0) is 12.3. The lowest BCUT2D eigenvalue weighted by molar-refractivity contribution is -0.117. The molecule has 0 aliphatic heterocycles. The van der Waals surface area contributed by atoms with Gasteiger partial charge in [-0.1, -0.05) is 0 Å². The number of primary amides is 1. The van der Waals surface area contributed by atoms with E-state index in [9.17, 15) is 22.8 Å². The number of hydrogen-bond donors (Lipinski definition) is 2. The molecule has 0 aliphatic carbocycles. The summed E-state index contributed by atoms with van der Waals surface area (Å²) < 4.78 is 38.6. The van der Waals surface area contributed by atoms with E-state index in [-0.39, 0.29) is 0 Å². The van der Waals surface area contributed by atoms with Gasteiger partial charge in [0.15, 0.2) is 0 Å². The lowest BCUT2D eigenvalue weighted by atomic mass is 10.2. The first-order chi connectivity index (χ1) is 7.41. The molecule has 7 heteroatoms. The summed E-state index contributed by atoms with van der Waals surface area (Å²) >= 11 is 0. The Morgan fingerprint density at radius 3 is 2.12 bits per heavy atom. The fourth-order valence-electron chi connectivity index (χ4n) is 1.01. The number of nitrogens with two attached hydrogens (primary N) is 1. The molecule has 0 heterocycles. The molecule has 1 aromatic rings. The Labute approximate surface area is 88.2 Å². The second-order valence-electron chi connectivity index (χ2n) is 2.89. The number of nitrogens with one attached hydrogen (secondary N) is 1. The highest BCUT2D eigenvalue weighted by atomic mass is 19.1. The number of benzene rings is 1. The van der Waals surface area contributed by atoms with E-state index in [0.29, 0.717) is 12.1 Å². The molecule has 0 aliphatic rings. The van der Waals surface area contributed by atoms with Gasteiger partial charge in [0.05, 0.1) is 6.54 Å². The number of hydrogen-bond acceptors (Lipinski definition) is 2. The molecule has 0 saturated heterocycles. The van der Waals surface area contributed by atoms with Crippen molar-refractivity contribution < 1.29 is 22.8 Å². The fourth-order valence-corrected chi connectivity index (χ4v) is 1.01. The van der Waals surface area contributed by atoms with Crippen LogP contribution in [0.15, 0.2) is 12.1 Å². The van der Waals surface area contributed by atoms with Crippen molar-refractivity contribution in [1.82, 2.24) is 5.32 Å². The van der Waals surface area contributed by atoms with E-state index in [1.807, 2.05) is 5.32 Å². The molecule has 0 spiro atoms. The van der Waals surface area contributed by atoms with Gasteiger partial charge in [-0.3, -0.25) is 9.59 Å². The van der Waals surface area contributed by atoms with E-state index < -0.39 is 41.4 Å². The van der Waals surface area contributed by atoms with Gasteiger partial charge in [0.1, 0.15) is 23.0 Å². The van der Waals surface area contributed by atoms with Crippen LogP contribution < -0.4 is 11.1 Å². The second kappa shape index (κ2) is 4.65. The minimum Gasteiger partial charge on any atom is -0.368 e. The first-order valence-corrected chi connectivity index (χ1v) is 4.13. The maximum absolute atomic E-state index is 13.0. The SMILES string of the molecule is NC(=O)CNC(=O)c1c(F)cc(F)cc1F. The van der Waals surface area contributed by atoms with Crippen molar-refractivity contribution in [1.29, 1.82) is 0 Å². The lowest BCUT2D eigenvalue weighted by Gasteiger charge is -2.05. The van der Waals surface area contributed by atoms with Crippen LogP contribution in [0.5, 0.6) is 0 Å². The summed E-state index contributed by atoms with van der Waals surface area (Å²) in [6, 6.07) is 0.727. The Hall–Kier alpha value is -2.05. The molecule has 3 N–H and O–H groups in total. The molecule has 0 radical (unpaired) electrons. The zero-order valence-electron chi connectivity index (χ0n) is 7.89. The topological polar surface area (TPSA) is 72.2 Å². The van der Waals surface area contributed by atoms with Gasteiger partial charge < -0.3 is 11.1 Å². The maximum Gasteiger partial charge on any atom is 0.257 e. The van der Waals surface area contributed by atoms with Crippen LogP contribution in [-0.4, -0.2) is 18.4 Å². The minimum absolute atomic E-state index is 0.363. The fraction of sp³-hybridized carbons (Fsp3) is 0.111. The van der Waals surface area contributed by atoms with Gasteiger partial charge in [0.2, 0.25) is 5.91 Å². The molecule has 0 unspecified atom stereocenters. The van der Waals surface area contributed by atoms with Gasteiger partial charge in [0.25, 0.3) is 5.91 Å². The minimum atomic E-state index is -1.35. The summed E-state index contributed by atoms with van der Waals surface area (Å²) in [5.74, 6) is -5.87. The van der Waals surface area contributed by atoms with E-state index in [1.165, 1.54) is 0 Å². The molecule has 4 nitrogen and oxygen atoms in total. The first-order valence-electron chi connectivity index (χ1n) is 4.13. The zero-order valence-corrected chi connectivity index (χ0v) is 7.89. The average molecular weight is 232 g/mol. The number of carbonyl (C=O) groups is 2. The monoisotopic (exact) mass is 232 g/mol. The van der Waals surface area contributed by atoms with E-state index in [1.54, 1.807) is 0 Å². The van der Waals surface area contributed by atoms with Crippen molar-refractivity contribution in [2.24, 2.45) is 5.73 Å². The Kier molecular flexibility index (Phi) is 3.49. The van der Waals surface area contributed by atoms with Crippen molar-refractivity contribution in [2.75, 3.05) is 6.54 Å². The van der Waals surface area contributed by atoms with Crippen LogP contribution in [0, 0.1) is 17.5 Å². The van der Waals surface area contributed by atoms with Crippen LogP contribution in [-0.2, 0) is 4.79 Å². The Bertz CT molecular complexity index is 425. The van der Waals surface area contributed by atoms with Crippen LogP contribution in [0.4, 0.5) is 13.2 Å². The van der Waals surface area contributed by atoms with Gasteiger partial charge in [-0.25, -0.2) is 13.2 Å². The number of carbonyl (C=O) groups excluding carboxylic acids is 2. The quantitative estimate of drug-likeness (QED) is 0.787. The van der Waals surface area contributed by atoms with E-state index in [4.69, 9.17) is 5.73 Å². The highest BCUT2D eigenvalue weighted by Crippen LogP contribution is 2.14. The molecule has 0 bridgehead atoms. The third-order valence-electron chi connectivity index (χ3n) is 1.66. The molecule has 2 amide bonds. The maximum atomic E-state index is 13.0. The van der Waals surface area contributed by atoms with E-state index >= 15 is 0 Å². The molecular formula is C9H7F3N2O2. The summed E-state index contributed by atoms with van der Waals surface area (Å²) in [5.41, 5.74) is 3.76. The smallest absolute Gasteiger partial charge is 0.257 e. The average Bonchev–Trinajstić information content (AvgIpc) is 2.12. The normalized spacial score (nSPS) is 9.94. The van der Waals surface area contributed by atoms with Crippen LogP contribution in [0.1, 0.15) is 10.4 Å². The Morgan fingerprint density at radius 2 is 1.69 bits per heavy atom. The summed E-state index contributed by atoms with van der Waals surface area (Å²) in [5, 5.41) is 1.88. The third kappa shape index (κ3) is 2.72. The molecule has 0 fully saturated rings. The van der Waals surface area contributed by atoms with Crippen molar-refractivity contribution >= 4 is 11.8 Å². The number of halogens is 3. The van der Waals surface area contributed by atoms with Crippen LogP contribution in [0.3, 0.4) is 0 Å². The molecule has 0 atom stereocenters. The Morgan fingerprint density at radius 1 is 1.19 bits per heavy atom. The molecule has 0 saturated carbocycles. The summed E-state index contributed by atoms with van der Waals surface area (Å²) in [7, 11) is 0. The first kappa shape index (κ1) is 12.0.